The number of pyridine rings is 1. The first-order valence-corrected chi connectivity index (χ1v) is 9.24. The smallest absolute Gasteiger partial charge is 0.254 e. The first-order valence-electron chi connectivity index (χ1n) is 8.45. The first kappa shape index (κ1) is 18.5. The highest BCUT2D eigenvalue weighted by Gasteiger charge is 2.53. The lowest BCUT2D eigenvalue weighted by atomic mass is 9.86. The van der Waals surface area contributed by atoms with E-state index in [0.717, 1.165) is 25.1 Å². The van der Waals surface area contributed by atoms with Gasteiger partial charge in [0.15, 0.2) is 11.6 Å². The molecule has 1 fully saturated rings. The number of fused-ring (bicyclic) bond motifs is 2. The molecule has 2 aromatic rings. The fraction of sp³-hybridized carbons (Fsp3) is 0.263. The van der Waals surface area contributed by atoms with Crippen molar-refractivity contribution in [1.29, 1.82) is 0 Å². The molecule has 0 radical (unpaired) electrons. The van der Waals surface area contributed by atoms with Gasteiger partial charge in [-0.15, -0.1) is 0 Å². The van der Waals surface area contributed by atoms with E-state index in [1.807, 2.05) is 0 Å². The molecule has 1 saturated carbocycles. The Morgan fingerprint density at radius 3 is 2.79 bits per heavy atom. The van der Waals surface area contributed by atoms with Crippen LogP contribution in [-0.2, 0) is 10.2 Å². The maximum absolute atomic E-state index is 14.6. The molecule has 6 nitrogen and oxygen atoms in total. The maximum atomic E-state index is 14.6. The number of carbonyl (C=O) groups is 2. The molecule has 1 aliphatic carbocycles. The Bertz CT molecular complexity index is 1060. The molecule has 2 aliphatic rings. The number of aromatic nitrogens is 1. The highest BCUT2D eigenvalue weighted by molar-refractivity contribution is 9.10. The molecule has 4 rings (SSSR count). The third-order valence-corrected chi connectivity index (χ3v) is 5.65. The van der Waals surface area contributed by atoms with E-state index in [1.54, 1.807) is 6.07 Å². The van der Waals surface area contributed by atoms with Crippen molar-refractivity contribution in [2.75, 3.05) is 18.4 Å². The van der Waals surface area contributed by atoms with E-state index in [4.69, 9.17) is 6.57 Å². The molecule has 2 heterocycles. The van der Waals surface area contributed by atoms with Crippen molar-refractivity contribution < 1.29 is 18.4 Å². The third kappa shape index (κ3) is 3.03. The van der Waals surface area contributed by atoms with Crippen molar-refractivity contribution >= 4 is 39.2 Å². The van der Waals surface area contributed by atoms with Gasteiger partial charge in [-0.25, -0.2) is 18.6 Å². The Morgan fingerprint density at radius 2 is 2.14 bits per heavy atom. The molecule has 2 amide bonds. The van der Waals surface area contributed by atoms with Gasteiger partial charge in [0.1, 0.15) is 12.4 Å². The van der Waals surface area contributed by atoms with E-state index in [9.17, 15) is 18.4 Å². The average Bonchev–Trinajstić information content (AvgIpc) is 3.43. The first-order chi connectivity index (χ1) is 13.3. The summed E-state index contributed by atoms with van der Waals surface area (Å²) in [5.41, 5.74) is 0.203. The molecule has 142 valence electrons. The number of benzene rings is 1. The van der Waals surface area contributed by atoms with Gasteiger partial charge < -0.3 is 10.2 Å². The van der Waals surface area contributed by atoms with Crippen molar-refractivity contribution in [2.24, 2.45) is 0 Å². The number of hydrogen-bond acceptors (Lipinski definition) is 3. The van der Waals surface area contributed by atoms with Crippen LogP contribution in [0.5, 0.6) is 0 Å². The van der Waals surface area contributed by atoms with Crippen molar-refractivity contribution in [1.82, 2.24) is 9.88 Å². The molecule has 1 N–H and O–H groups in total. The fourth-order valence-corrected chi connectivity index (χ4v) is 3.88. The molecule has 1 aliphatic heterocycles. The van der Waals surface area contributed by atoms with E-state index in [1.165, 1.54) is 11.0 Å². The minimum atomic E-state index is -0.831. The average molecular weight is 447 g/mol. The second kappa shape index (κ2) is 6.63. The lowest BCUT2D eigenvalue weighted by molar-refractivity contribution is -0.117. The van der Waals surface area contributed by atoms with Crippen molar-refractivity contribution in [3.63, 3.8) is 0 Å². The van der Waals surface area contributed by atoms with Gasteiger partial charge in [0.25, 0.3) is 5.91 Å². The van der Waals surface area contributed by atoms with Gasteiger partial charge in [-0.1, -0.05) is 0 Å². The Morgan fingerprint density at radius 1 is 1.39 bits per heavy atom. The minimum absolute atomic E-state index is 0.0159. The van der Waals surface area contributed by atoms with Gasteiger partial charge in [-0.05, 0) is 47.0 Å². The zero-order valence-corrected chi connectivity index (χ0v) is 16.0. The molecule has 0 atom stereocenters. The van der Waals surface area contributed by atoms with Crippen LogP contribution in [0.3, 0.4) is 0 Å². The normalized spacial score (nSPS) is 16.5. The quantitative estimate of drug-likeness (QED) is 0.729. The largest absolute Gasteiger partial charge is 0.328 e. The van der Waals surface area contributed by atoms with Gasteiger partial charge in [-0.2, -0.15) is 0 Å². The summed E-state index contributed by atoms with van der Waals surface area (Å²) < 4.78 is 28.8. The standard InChI is InChI=1S/C19H13BrF2N4O2/c1-23-10-6-13(21)17(24-7-10)25-14(27)8-26-9-19(4-5-19)15-11(18(26)28)2-3-12(20)16(15)22/h2-3,6-7H,4-5,8-9H2,(H,24,25,27). The monoisotopic (exact) mass is 446 g/mol. The van der Waals surface area contributed by atoms with Crippen molar-refractivity contribution in [3.8, 4) is 0 Å². The Kier molecular flexibility index (Phi) is 4.38. The van der Waals surface area contributed by atoms with Crippen molar-refractivity contribution in [3.05, 3.63) is 63.0 Å². The Hall–Kier alpha value is -2.86. The second-order valence-corrected chi connectivity index (χ2v) is 7.76. The van der Waals surface area contributed by atoms with Crippen LogP contribution in [0.4, 0.5) is 20.3 Å². The minimum Gasteiger partial charge on any atom is -0.328 e. The Labute approximate surface area is 167 Å². The molecule has 1 aromatic carbocycles. The number of halogens is 3. The molecule has 0 unspecified atom stereocenters. The van der Waals surface area contributed by atoms with Gasteiger partial charge in [0, 0.05) is 29.3 Å². The van der Waals surface area contributed by atoms with Crippen LogP contribution in [0.15, 0.2) is 28.9 Å². The molecule has 0 saturated heterocycles. The number of nitrogens with one attached hydrogen (secondary N) is 1. The third-order valence-electron chi connectivity index (χ3n) is 5.04. The topological polar surface area (TPSA) is 66.7 Å². The summed E-state index contributed by atoms with van der Waals surface area (Å²) in [5, 5.41) is 2.32. The van der Waals surface area contributed by atoms with Crippen LogP contribution in [0.1, 0.15) is 28.8 Å². The van der Waals surface area contributed by atoms with Crippen LogP contribution in [0, 0.1) is 18.2 Å². The molecular weight excluding hydrogens is 434 g/mol. The van der Waals surface area contributed by atoms with E-state index < -0.39 is 28.9 Å². The molecular formula is C19H13BrF2N4O2. The lowest BCUT2D eigenvalue weighted by Gasteiger charge is -2.34. The summed E-state index contributed by atoms with van der Waals surface area (Å²) in [5.74, 6) is -2.63. The number of amides is 2. The molecule has 28 heavy (non-hydrogen) atoms. The van der Waals surface area contributed by atoms with Gasteiger partial charge in [-0.3, -0.25) is 9.59 Å². The van der Waals surface area contributed by atoms with E-state index >= 15 is 0 Å². The van der Waals surface area contributed by atoms with Crippen LogP contribution >= 0.6 is 15.9 Å². The van der Waals surface area contributed by atoms with Crippen LogP contribution in [0.2, 0.25) is 0 Å². The predicted octanol–water partition coefficient (Wildman–Crippen LogP) is 3.80. The molecule has 9 heteroatoms. The number of rotatable bonds is 3. The number of anilines is 1. The Balaban J connectivity index is 1.55. The number of nitrogens with zero attached hydrogens (tertiary/aromatic N) is 3. The molecule has 1 aromatic heterocycles. The summed E-state index contributed by atoms with van der Waals surface area (Å²) in [6.45, 7) is 6.76. The van der Waals surface area contributed by atoms with Crippen LogP contribution in [-0.4, -0.2) is 34.8 Å². The maximum Gasteiger partial charge on any atom is 0.254 e. The van der Waals surface area contributed by atoms with Gasteiger partial charge in [0.2, 0.25) is 11.6 Å². The lowest BCUT2D eigenvalue weighted by Crippen LogP contribution is -2.47. The zero-order valence-electron chi connectivity index (χ0n) is 14.4. The van der Waals surface area contributed by atoms with Gasteiger partial charge >= 0.3 is 0 Å². The van der Waals surface area contributed by atoms with E-state index in [-0.39, 0.29) is 30.2 Å². The summed E-state index contributed by atoms with van der Waals surface area (Å²) in [4.78, 5) is 33.3. The molecule has 0 bridgehead atoms. The summed E-state index contributed by atoms with van der Waals surface area (Å²) >= 11 is 3.16. The van der Waals surface area contributed by atoms with E-state index in [0.29, 0.717) is 10.0 Å². The highest BCUT2D eigenvalue weighted by atomic mass is 79.9. The highest BCUT2D eigenvalue weighted by Crippen LogP contribution is 2.53. The van der Waals surface area contributed by atoms with Crippen LogP contribution < -0.4 is 5.32 Å². The summed E-state index contributed by atoms with van der Waals surface area (Å²) in [7, 11) is 0. The van der Waals surface area contributed by atoms with Crippen molar-refractivity contribution in [2.45, 2.75) is 18.3 Å². The van der Waals surface area contributed by atoms with Gasteiger partial charge in [0.05, 0.1) is 11.0 Å². The fourth-order valence-electron chi connectivity index (χ4n) is 3.55. The number of hydrogen-bond donors (Lipinski definition) is 1. The summed E-state index contributed by atoms with van der Waals surface area (Å²) in [6, 6.07) is 4.00. The summed E-state index contributed by atoms with van der Waals surface area (Å²) in [6.07, 6.45) is 2.61. The van der Waals surface area contributed by atoms with E-state index in [2.05, 4.69) is 31.1 Å². The molecule has 1 spiro atoms. The SMILES string of the molecule is [C-]#[N+]c1cnc(NC(=O)CN2CC3(CC3)c3c(ccc(Br)c3F)C2=O)c(F)c1. The van der Waals surface area contributed by atoms with Crippen LogP contribution in [0.25, 0.3) is 4.85 Å². The predicted molar refractivity (Wildman–Crippen MR) is 100 cm³/mol. The number of carbonyl (C=O) groups excluding carboxylic acids is 2. The zero-order chi connectivity index (χ0) is 20.1. The second-order valence-electron chi connectivity index (χ2n) is 6.91.